The Labute approximate surface area is 206 Å². The Morgan fingerprint density at radius 1 is 1.11 bits per heavy atom. The molecule has 0 aliphatic carbocycles. The van der Waals surface area contributed by atoms with Gasteiger partial charge >= 0.3 is 0 Å². The van der Waals surface area contributed by atoms with Crippen molar-refractivity contribution in [3.63, 3.8) is 0 Å². The average molecular weight is 482 g/mol. The summed E-state index contributed by atoms with van der Waals surface area (Å²) in [6.45, 7) is 4.04. The van der Waals surface area contributed by atoms with Gasteiger partial charge < -0.3 is 30.5 Å². The van der Waals surface area contributed by atoms with Crippen LogP contribution in [-0.2, 0) is 9.59 Å². The van der Waals surface area contributed by atoms with Crippen molar-refractivity contribution >= 4 is 17.4 Å². The highest BCUT2D eigenvalue weighted by atomic mass is 16.5. The quantitative estimate of drug-likeness (QED) is 0.308. The SMILES string of the molecule is CC1NC(=O)CC=C1c1cccc(OCCCC(=O)NCCNCC(O)COc2ccccc2)c1. The van der Waals surface area contributed by atoms with Gasteiger partial charge in [0.1, 0.15) is 24.2 Å². The molecule has 0 aromatic heterocycles. The summed E-state index contributed by atoms with van der Waals surface area (Å²) in [4.78, 5) is 23.5. The van der Waals surface area contributed by atoms with Crippen molar-refractivity contribution in [3.05, 3.63) is 66.2 Å². The lowest BCUT2D eigenvalue weighted by molar-refractivity contribution is -0.121. The Morgan fingerprint density at radius 3 is 2.71 bits per heavy atom. The third-order valence-corrected chi connectivity index (χ3v) is 5.53. The molecule has 8 heteroatoms. The normalized spacial score (nSPS) is 16.1. The minimum Gasteiger partial charge on any atom is -0.494 e. The van der Waals surface area contributed by atoms with E-state index in [1.165, 1.54) is 0 Å². The molecule has 2 atom stereocenters. The first-order valence-corrected chi connectivity index (χ1v) is 12.1. The van der Waals surface area contributed by atoms with Gasteiger partial charge in [0.25, 0.3) is 0 Å². The molecule has 3 rings (SSSR count). The molecule has 0 bridgehead atoms. The number of carbonyl (C=O) groups excluding carboxylic acids is 2. The van der Waals surface area contributed by atoms with Crippen LogP contribution in [0.3, 0.4) is 0 Å². The fourth-order valence-electron chi connectivity index (χ4n) is 3.73. The lowest BCUT2D eigenvalue weighted by atomic mass is 9.95. The van der Waals surface area contributed by atoms with E-state index in [2.05, 4.69) is 16.0 Å². The molecule has 1 heterocycles. The summed E-state index contributed by atoms with van der Waals surface area (Å²) in [5, 5.41) is 18.9. The van der Waals surface area contributed by atoms with E-state index in [0.29, 0.717) is 45.5 Å². The predicted octanol–water partition coefficient (Wildman–Crippen LogP) is 2.28. The van der Waals surface area contributed by atoms with Crippen LogP contribution in [-0.4, -0.2) is 61.9 Å². The molecule has 0 saturated carbocycles. The van der Waals surface area contributed by atoms with Crippen LogP contribution < -0.4 is 25.4 Å². The second-order valence-electron chi connectivity index (χ2n) is 8.46. The van der Waals surface area contributed by atoms with E-state index >= 15 is 0 Å². The molecule has 0 spiro atoms. The van der Waals surface area contributed by atoms with Gasteiger partial charge in [-0.1, -0.05) is 36.4 Å². The van der Waals surface area contributed by atoms with Gasteiger partial charge in [-0.2, -0.15) is 0 Å². The fourth-order valence-corrected chi connectivity index (χ4v) is 3.73. The lowest BCUT2D eigenvalue weighted by Crippen LogP contribution is -2.37. The largest absolute Gasteiger partial charge is 0.494 e. The minimum absolute atomic E-state index is 0.0319. The van der Waals surface area contributed by atoms with Crippen LogP contribution in [0.5, 0.6) is 11.5 Å². The summed E-state index contributed by atoms with van der Waals surface area (Å²) >= 11 is 0. The van der Waals surface area contributed by atoms with Crippen LogP contribution in [0.1, 0.15) is 31.7 Å². The smallest absolute Gasteiger partial charge is 0.224 e. The van der Waals surface area contributed by atoms with E-state index in [-0.39, 0.29) is 24.5 Å². The number of benzene rings is 2. The highest BCUT2D eigenvalue weighted by Crippen LogP contribution is 2.25. The first kappa shape index (κ1) is 26.2. The third-order valence-electron chi connectivity index (χ3n) is 5.53. The second kappa shape index (κ2) is 14.1. The van der Waals surface area contributed by atoms with Gasteiger partial charge in [0, 0.05) is 32.5 Å². The van der Waals surface area contributed by atoms with Crippen LogP contribution in [0, 0.1) is 0 Å². The molecule has 1 aliphatic heterocycles. The average Bonchev–Trinajstić information content (AvgIpc) is 2.86. The summed E-state index contributed by atoms with van der Waals surface area (Å²) < 4.78 is 11.3. The zero-order valence-electron chi connectivity index (χ0n) is 20.2. The molecule has 0 radical (unpaired) electrons. The van der Waals surface area contributed by atoms with Crippen molar-refractivity contribution in [2.45, 2.75) is 38.3 Å². The number of carbonyl (C=O) groups is 2. The summed E-state index contributed by atoms with van der Waals surface area (Å²) in [7, 11) is 0. The second-order valence-corrected chi connectivity index (χ2v) is 8.46. The molecule has 2 aromatic rings. The highest BCUT2D eigenvalue weighted by molar-refractivity contribution is 5.87. The molecule has 2 amide bonds. The van der Waals surface area contributed by atoms with Crippen LogP contribution in [0.25, 0.3) is 5.57 Å². The van der Waals surface area contributed by atoms with Crippen molar-refractivity contribution in [2.24, 2.45) is 0 Å². The zero-order chi connectivity index (χ0) is 24.9. The van der Waals surface area contributed by atoms with E-state index in [9.17, 15) is 14.7 Å². The molecule has 2 unspecified atom stereocenters. The summed E-state index contributed by atoms with van der Waals surface area (Å²) in [5.74, 6) is 1.47. The molecule has 0 fully saturated rings. The van der Waals surface area contributed by atoms with E-state index < -0.39 is 6.10 Å². The van der Waals surface area contributed by atoms with Gasteiger partial charge in [-0.25, -0.2) is 0 Å². The molecular weight excluding hydrogens is 446 g/mol. The molecule has 0 saturated heterocycles. The molecule has 188 valence electrons. The number of para-hydroxylation sites is 1. The first-order valence-electron chi connectivity index (χ1n) is 12.1. The van der Waals surface area contributed by atoms with Crippen LogP contribution in [0.2, 0.25) is 0 Å². The maximum absolute atomic E-state index is 12.0. The third kappa shape index (κ3) is 9.42. The van der Waals surface area contributed by atoms with Crippen LogP contribution in [0.15, 0.2) is 60.7 Å². The van der Waals surface area contributed by atoms with E-state index in [0.717, 1.165) is 22.6 Å². The molecule has 2 aromatic carbocycles. The summed E-state index contributed by atoms with van der Waals surface area (Å²) in [5.41, 5.74) is 2.11. The monoisotopic (exact) mass is 481 g/mol. The Bertz CT molecular complexity index is 980. The number of hydrogen-bond donors (Lipinski definition) is 4. The van der Waals surface area contributed by atoms with Gasteiger partial charge in [0.05, 0.1) is 12.6 Å². The molecule has 8 nitrogen and oxygen atoms in total. The minimum atomic E-state index is -0.627. The van der Waals surface area contributed by atoms with Crippen molar-refractivity contribution in [2.75, 3.05) is 32.8 Å². The van der Waals surface area contributed by atoms with Crippen molar-refractivity contribution in [1.82, 2.24) is 16.0 Å². The number of rotatable bonds is 14. The fraction of sp³-hybridized carbons (Fsp3) is 0.407. The summed E-state index contributed by atoms with van der Waals surface area (Å²) in [6, 6.07) is 17.1. The van der Waals surface area contributed by atoms with Gasteiger partial charge in [0.2, 0.25) is 11.8 Å². The van der Waals surface area contributed by atoms with E-state index in [1.54, 1.807) is 0 Å². The number of hydrogen-bond acceptors (Lipinski definition) is 6. The van der Waals surface area contributed by atoms with Gasteiger partial charge in [-0.3, -0.25) is 9.59 Å². The van der Waals surface area contributed by atoms with Gasteiger partial charge in [-0.15, -0.1) is 0 Å². The van der Waals surface area contributed by atoms with Crippen LogP contribution in [0.4, 0.5) is 0 Å². The number of amides is 2. The number of aliphatic hydroxyl groups excluding tert-OH is 1. The van der Waals surface area contributed by atoms with Crippen molar-refractivity contribution in [3.8, 4) is 11.5 Å². The molecule has 1 aliphatic rings. The number of aliphatic hydroxyl groups is 1. The predicted molar refractivity (Wildman–Crippen MR) is 135 cm³/mol. The van der Waals surface area contributed by atoms with E-state index in [4.69, 9.17) is 9.47 Å². The molecule has 4 N–H and O–H groups in total. The Morgan fingerprint density at radius 2 is 1.91 bits per heavy atom. The Balaban J connectivity index is 1.24. The summed E-state index contributed by atoms with van der Waals surface area (Å²) in [6.07, 6.45) is 2.70. The standard InChI is InChI=1S/C27H35N3O5/c1-20-25(12-13-27(33)30-20)21-7-5-10-24(17-21)34-16-6-11-26(32)29-15-14-28-18-22(31)19-35-23-8-3-2-4-9-23/h2-5,7-10,12,17,20,22,28,31H,6,11,13-16,18-19H2,1H3,(H,29,32)(H,30,33). The van der Waals surface area contributed by atoms with Crippen molar-refractivity contribution < 1.29 is 24.2 Å². The van der Waals surface area contributed by atoms with Crippen LogP contribution >= 0.6 is 0 Å². The topological polar surface area (TPSA) is 109 Å². The van der Waals surface area contributed by atoms with Gasteiger partial charge in [0.15, 0.2) is 0 Å². The highest BCUT2D eigenvalue weighted by Gasteiger charge is 2.18. The van der Waals surface area contributed by atoms with E-state index in [1.807, 2.05) is 67.6 Å². The maximum Gasteiger partial charge on any atom is 0.224 e. The van der Waals surface area contributed by atoms with Gasteiger partial charge in [-0.05, 0) is 48.7 Å². The Hall–Kier alpha value is -3.36. The molecule has 35 heavy (non-hydrogen) atoms. The van der Waals surface area contributed by atoms with Crippen molar-refractivity contribution in [1.29, 1.82) is 0 Å². The number of nitrogens with one attached hydrogen (secondary N) is 3. The molecular formula is C27H35N3O5. The maximum atomic E-state index is 12.0. The Kier molecular flexibility index (Phi) is 10.6. The first-order chi connectivity index (χ1) is 17.0. The lowest BCUT2D eigenvalue weighted by Gasteiger charge is -2.22. The zero-order valence-corrected chi connectivity index (χ0v) is 20.2. The number of ether oxygens (including phenoxy) is 2.